The molecular formula is C28H24ClN2O5PS. The van der Waals surface area contributed by atoms with Gasteiger partial charge in [0.2, 0.25) is 0 Å². The third-order valence-corrected chi connectivity index (χ3v) is 9.97. The first-order valence-corrected chi connectivity index (χ1v) is 14.9. The summed E-state index contributed by atoms with van der Waals surface area (Å²) in [6, 6.07) is 17.8. The minimum atomic E-state index is -4.30. The van der Waals surface area contributed by atoms with Crippen LogP contribution in [-0.2, 0) is 19.3 Å². The zero-order chi connectivity index (χ0) is 27.6. The molecule has 0 amide bonds. The van der Waals surface area contributed by atoms with Crippen molar-refractivity contribution in [2.45, 2.75) is 25.7 Å². The number of nitriles is 1. The highest BCUT2D eigenvalue weighted by atomic mass is 35.5. The summed E-state index contributed by atoms with van der Waals surface area (Å²) in [6.07, 6.45) is 2.94. The molecule has 0 N–H and O–H groups in total. The molecule has 0 saturated heterocycles. The molecule has 0 aliphatic heterocycles. The van der Waals surface area contributed by atoms with E-state index in [-0.39, 0.29) is 38.4 Å². The fraction of sp³-hybridized carbons (Fsp3) is 0.143. The molecule has 1 atom stereocenters. The van der Waals surface area contributed by atoms with E-state index in [0.29, 0.717) is 16.4 Å². The molecule has 1 heterocycles. The van der Waals surface area contributed by atoms with Crippen LogP contribution in [0, 0.1) is 25.2 Å². The van der Waals surface area contributed by atoms with Crippen LogP contribution in [0.25, 0.3) is 17.0 Å². The highest BCUT2D eigenvalue weighted by Crippen LogP contribution is 2.36. The zero-order valence-electron chi connectivity index (χ0n) is 20.9. The summed E-state index contributed by atoms with van der Waals surface area (Å²) in [5.74, 6) is -0.914. The lowest BCUT2D eigenvalue weighted by Crippen LogP contribution is -2.25. The predicted octanol–water partition coefficient (Wildman–Crippen LogP) is 5.37. The van der Waals surface area contributed by atoms with E-state index in [9.17, 15) is 17.8 Å². The molecule has 0 bridgehead atoms. The number of allylic oxidation sites excluding steroid dienone is 1. The maximum absolute atomic E-state index is 14.4. The lowest BCUT2D eigenvalue weighted by molar-refractivity contribution is 0.0520. The van der Waals surface area contributed by atoms with Gasteiger partial charge in [0.25, 0.3) is 10.0 Å². The molecule has 1 unspecified atom stereocenters. The summed E-state index contributed by atoms with van der Waals surface area (Å²) >= 11 is 6.31. The van der Waals surface area contributed by atoms with Gasteiger partial charge in [-0.1, -0.05) is 35.9 Å². The molecule has 7 nitrogen and oxygen atoms in total. The Bertz CT molecular complexity index is 1770. The third-order valence-electron chi connectivity index (χ3n) is 6.04. The lowest BCUT2D eigenvalue weighted by Gasteiger charge is -2.14. The number of halogens is 1. The number of hydrogen-bond donors (Lipinski definition) is 0. The Morgan fingerprint density at radius 2 is 1.84 bits per heavy atom. The van der Waals surface area contributed by atoms with Gasteiger partial charge in [-0.3, -0.25) is 0 Å². The summed E-state index contributed by atoms with van der Waals surface area (Å²) in [5, 5.41) is 10.0. The quantitative estimate of drug-likeness (QED) is 0.169. The van der Waals surface area contributed by atoms with Gasteiger partial charge in [0.1, 0.15) is 7.80 Å². The number of esters is 1. The topological polar surface area (TPSA) is 106 Å². The fourth-order valence-electron chi connectivity index (χ4n) is 4.35. The molecule has 3 aromatic carbocycles. The first-order valence-electron chi connectivity index (χ1n) is 11.7. The van der Waals surface area contributed by atoms with Crippen molar-refractivity contribution in [1.82, 2.24) is 3.97 Å². The highest BCUT2D eigenvalue weighted by Gasteiger charge is 2.34. The average molecular weight is 567 g/mol. The number of ether oxygens (including phenoxy) is 1. The number of fused-ring (bicyclic) bond motifs is 1. The van der Waals surface area contributed by atoms with E-state index in [1.165, 1.54) is 36.4 Å². The van der Waals surface area contributed by atoms with Gasteiger partial charge < -0.3 is 9.30 Å². The predicted molar refractivity (Wildman–Crippen MR) is 151 cm³/mol. The number of benzene rings is 3. The molecule has 10 heteroatoms. The number of nitrogens with zero attached hydrogens (tertiary/aromatic N) is 2. The second-order valence-corrected chi connectivity index (χ2v) is 12.4. The molecule has 0 fully saturated rings. The Morgan fingerprint density at radius 3 is 2.50 bits per heavy atom. The van der Waals surface area contributed by atoms with Crippen LogP contribution in [0.1, 0.15) is 34.1 Å². The van der Waals surface area contributed by atoms with Crippen LogP contribution in [0.5, 0.6) is 0 Å². The summed E-state index contributed by atoms with van der Waals surface area (Å²) < 4.78 is 48.5. The number of hydrogen-bond acceptors (Lipinski definition) is 6. The average Bonchev–Trinajstić information content (AvgIpc) is 3.24. The third kappa shape index (κ3) is 4.93. The van der Waals surface area contributed by atoms with Crippen LogP contribution in [0.15, 0.2) is 71.6 Å². The summed E-state index contributed by atoms with van der Waals surface area (Å²) in [7, 11) is -7.31. The minimum absolute atomic E-state index is 0.0144. The largest absolute Gasteiger partial charge is 0.461 e. The molecule has 1 aromatic heterocycles. The maximum Gasteiger partial charge on any atom is 0.356 e. The molecule has 0 spiro atoms. The van der Waals surface area contributed by atoms with E-state index in [1.54, 1.807) is 44.2 Å². The van der Waals surface area contributed by atoms with Gasteiger partial charge in [-0.2, -0.15) is 5.26 Å². The molecule has 0 aliphatic rings. The Hall–Kier alpha value is -3.63. The molecule has 194 valence electrons. The van der Waals surface area contributed by atoms with Gasteiger partial charge in [0.15, 0.2) is 5.69 Å². The van der Waals surface area contributed by atoms with Crippen molar-refractivity contribution < 1.29 is 22.5 Å². The van der Waals surface area contributed by atoms with Gasteiger partial charge in [-0.25, -0.2) is 17.2 Å². The van der Waals surface area contributed by atoms with Crippen LogP contribution < -0.4 is 10.6 Å². The van der Waals surface area contributed by atoms with Crippen molar-refractivity contribution in [2.75, 3.05) is 6.61 Å². The fourth-order valence-corrected chi connectivity index (χ4v) is 8.13. The second-order valence-electron chi connectivity index (χ2n) is 8.51. The van der Waals surface area contributed by atoms with Gasteiger partial charge in [-0.15, -0.1) is 0 Å². The van der Waals surface area contributed by atoms with Gasteiger partial charge in [0, 0.05) is 21.8 Å². The van der Waals surface area contributed by atoms with Crippen molar-refractivity contribution in [1.29, 1.82) is 5.26 Å². The number of rotatable bonds is 7. The number of carbonyl (C=O) groups excluding carboxylic acids is 1. The van der Waals surface area contributed by atoms with Crippen LogP contribution in [0.3, 0.4) is 0 Å². The van der Waals surface area contributed by atoms with E-state index in [4.69, 9.17) is 21.6 Å². The van der Waals surface area contributed by atoms with E-state index in [2.05, 4.69) is 0 Å². The van der Waals surface area contributed by atoms with Crippen molar-refractivity contribution >= 4 is 63.0 Å². The Kier molecular flexibility index (Phi) is 7.94. The molecule has 4 aromatic rings. The van der Waals surface area contributed by atoms with E-state index >= 15 is 0 Å². The monoisotopic (exact) mass is 566 g/mol. The van der Waals surface area contributed by atoms with Gasteiger partial charge >= 0.3 is 5.97 Å². The second kappa shape index (κ2) is 11.0. The normalized spacial score (nSPS) is 12.5. The Labute approximate surface area is 226 Å². The maximum atomic E-state index is 14.4. The molecule has 0 radical (unpaired) electrons. The van der Waals surface area contributed by atoms with Crippen molar-refractivity contribution in [3.05, 3.63) is 94.1 Å². The Balaban J connectivity index is 2.14. The van der Waals surface area contributed by atoms with Crippen molar-refractivity contribution in [2.24, 2.45) is 0 Å². The van der Waals surface area contributed by atoms with Gasteiger partial charge in [0.05, 0.1) is 28.4 Å². The first-order chi connectivity index (χ1) is 18.1. The van der Waals surface area contributed by atoms with Crippen LogP contribution in [-0.4, -0.2) is 25.0 Å². The zero-order valence-corrected chi connectivity index (χ0v) is 23.4. The van der Waals surface area contributed by atoms with E-state index in [0.717, 1.165) is 9.54 Å². The smallest absolute Gasteiger partial charge is 0.356 e. The summed E-state index contributed by atoms with van der Waals surface area (Å²) in [6.45, 7) is 5.19. The van der Waals surface area contributed by atoms with Crippen molar-refractivity contribution in [3.63, 3.8) is 0 Å². The number of aromatic nitrogens is 1. The SMILES string of the molecule is CCOC(=O)c1c([PH](=O)c2cc(C)cc(/C=C/C#N)c2C)c2cc(Cl)ccc2n1S(=O)(=O)c1ccccc1. The summed E-state index contributed by atoms with van der Waals surface area (Å²) in [5.41, 5.74) is 1.96. The molecule has 0 saturated carbocycles. The first kappa shape index (κ1) is 27.4. The van der Waals surface area contributed by atoms with Crippen LogP contribution in [0.4, 0.5) is 0 Å². The van der Waals surface area contributed by atoms with Crippen molar-refractivity contribution in [3.8, 4) is 6.07 Å². The van der Waals surface area contributed by atoms with Crippen LogP contribution in [0.2, 0.25) is 5.02 Å². The van der Waals surface area contributed by atoms with E-state index in [1.807, 2.05) is 19.1 Å². The lowest BCUT2D eigenvalue weighted by atomic mass is 10.1. The summed E-state index contributed by atoms with van der Waals surface area (Å²) in [4.78, 5) is 13.4. The minimum Gasteiger partial charge on any atom is -0.461 e. The molecular weight excluding hydrogens is 543 g/mol. The number of carbonyl (C=O) groups is 1. The number of aryl methyl sites for hydroxylation is 1. The molecule has 0 aliphatic carbocycles. The van der Waals surface area contributed by atoms with Crippen LogP contribution >= 0.6 is 19.4 Å². The van der Waals surface area contributed by atoms with Gasteiger partial charge in [-0.05, 0) is 79.9 Å². The van der Waals surface area contributed by atoms with E-state index < -0.39 is 23.8 Å². The molecule has 4 rings (SSSR count). The molecule has 38 heavy (non-hydrogen) atoms. The standard InChI is InChI=1S/C28H24ClN2O5PS/c1-4-36-28(32)26-27(37(33)25-16-18(2)15-20(19(25)3)9-8-14-30)23-17-21(29)12-13-24(23)31(26)38(34,35)22-10-6-5-7-11-22/h5-13,15-17,37H,4H2,1-3H3/b9-8+. The Morgan fingerprint density at radius 1 is 1.13 bits per heavy atom. The highest BCUT2D eigenvalue weighted by molar-refractivity contribution is 7.90.